The molecule has 152 valence electrons. The molecule has 3 aromatic rings. The van der Waals surface area contributed by atoms with Gasteiger partial charge in [-0.25, -0.2) is 0 Å². The van der Waals surface area contributed by atoms with Gasteiger partial charge < -0.3 is 9.47 Å². The molecule has 0 aliphatic rings. The van der Waals surface area contributed by atoms with E-state index < -0.39 is 0 Å². The quantitative estimate of drug-likeness (QED) is 0.223. The van der Waals surface area contributed by atoms with Crippen LogP contribution in [0.3, 0.4) is 0 Å². The van der Waals surface area contributed by atoms with Gasteiger partial charge in [0.1, 0.15) is 6.61 Å². The maximum atomic E-state index is 9.67. The molecule has 0 saturated heterocycles. The SMILES string of the molecule is CCOc1cc(/C=C(\C#N)c2cccc(Br)c2)c(Br)cc1OCc1ccccc1Cl. The largest absolute Gasteiger partial charge is 0.490 e. The van der Waals surface area contributed by atoms with Crippen LogP contribution in [0.4, 0.5) is 0 Å². The predicted octanol–water partition coefficient (Wildman–Crippen LogP) is 7.91. The monoisotopic (exact) mass is 545 g/mol. The first kappa shape index (κ1) is 22.4. The molecule has 0 amide bonds. The van der Waals surface area contributed by atoms with Crippen LogP contribution in [0, 0.1) is 11.3 Å². The number of allylic oxidation sites excluding steroid dienone is 1. The lowest BCUT2D eigenvalue weighted by molar-refractivity contribution is 0.269. The third-order valence-corrected chi connectivity index (χ3v) is 5.81. The molecule has 0 aromatic heterocycles. The lowest BCUT2D eigenvalue weighted by Crippen LogP contribution is -2.01. The number of nitriles is 1. The van der Waals surface area contributed by atoms with Crippen molar-refractivity contribution in [2.45, 2.75) is 13.5 Å². The van der Waals surface area contributed by atoms with Crippen molar-refractivity contribution in [3.8, 4) is 17.6 Å². The summed E-state index contributed by atoms with van der Waals surface area (Å²) in [5, 5.41) is 10.3. The van der Waals surface area contributed by atoms with Crippen molar-refractivity contribution in [1.82, 2.24) is 0 Å². The molecule has 0 aliphatic heterocycles. The van der Waals surface area contributed by atoms with E-state index in [1.165, 1.54) is 0 Å². The van der Waals surface area contributed by atoms with Gasteiger partial charge in [-0.3, -0.25) is 0 Å². The van der Waals surface area contributed by atoms with E-state index in [0.29, 0.717) is 35.3 Å². The average Bonchev–Trinajstić information content (AvgIpc) is 2.73. The molecule has 3 aromatic carbocycles. The van der Waals surface area contributed by atoms with Gasteiger partial charge in [0, 0.05) is 19.5 Å². The number of rotatable bonds is 7. The Labute approximate surface area is 198 Å². The fourth-order valence-corrected chi connectivity index (χ4v) is 3.83. The zero-order valence-corrected chi connectivity index (χ0v) is 20.1. The number of hydrogen-bond donors (Lipinski definition) is 0. The number of benzene rings is 3. The number of halogens is 3. The molecule has 6 heteroatoms. The van der Waals surface area contributed by atoms with Crippen LogP contribution in [0.1, 0.15) is 23.6 Å². The van der Waals surface area contributed by atoms with Gasteiger partial charge in [-0.2, -0.15) is 5.26 Å². The van der Waals surface area contributed by atoms with Gasteiger partial charge >= 0.3 is 0 Å². The van der Waals surface area contributed by atoms with Gasteiger partial charge in [-0.05, 0) is 54.5 Å². The molecular formula is C24H18Br2ClNO2. The predicted molar refractivity (Wildman–Crippen MR) is 129 cm³/mol. The highest BCUT2D eigenvalue weighted by molar-refractivity contribution is 9.10. The van der Waals surface area contributed by atoms with Crippen molar-refractivity contribution in [2.75, 3.05) is 6.61 Å². The standard InChI is InChI=1S/C24H18Br2ClNO2/c1-2-29-23-12-18(10-19(14-28)16-7-5-8-20(25)11-16)21(26)13-24(23)30-15-17-6-3-4-9-22(17)27/h3-13H,2,15H2,1H3/b19-10+. The average molecular weight is 548 g/mol. The molecule has 0 aliphatic carbocycles. The van der Waals surface area contributed by atoms with Crippen molar-refractivity contribution in [3.63, 3.8) is 0 Å². The first-order valence-electron chi connectivity index (χ1n) is 9.22. The van der Waals surface area contributed by atoms with E-state index in [1.807, 2.05) is 73.7 Å². The summed E-state index contributed by atoms with van der Waals surface area (Å²) < 4.78 is 13.5. The van der Waals surface area contributed by atoms with Crippen LogP contribution in [0.2, 0.25) is 5.02 Å². The number of nitrogens with zero attached hydrogens (tertiary/aromatic N) is 1. The third-order valence-electron chi connectivity index (χ3n) is 4.26. The van der Waals surface area contributed by atoms with E-state index in [-0.39, 0.29) is 0 Å². The Morgan fingerprint density at radius 1 is 1.03 bits per heavy atom. The van der Waals surface area contributed by atoms with Crippen LogP contribution < -0.4 is 9.47 Å². The Morgan fingerprint density at radius 2 is 1.80 bits per heavy atom. The van der Waals surface area contributed by atoms with Gasteiger partial charge in [-0.1, -0.05) is 73.8 Å². The molecule has 0 bridgehead atoms. The minimum Gasteiger partial charge on any atom is -0.490 e. The van der Waals surface area contributed by atoms with Crippen LogP contribution in [0.5, 0.6) is 11.5 Å². The zero-order valence-electron chi connectivity index (χ0n) is 16.2. The molecule has 3 rings (SSSR count). The number of ether oxygens (including phenoxy) is 2. The maximum Gasteiger partial charge on any atom is 0.162 e. The topological polar surface area (TPSA) is 42.2 Å². The van der Waals surface area contributed by atoms with E-state index in [2.05, 4.69) is 37.9 Å². The van der Waals surface area contributed by atoms with Crippen LogP contribution in [0.15, 0.2) is 69.6 Å². The molecule has 0 radical (unpaired) electrons. The molecule has 0 heterocycles. The lowest BCUT2D eigenvalue weighted by atomic mass is 10.0. The highest BCUT2D eigenvalue weighted by Crippen LogP contribution is 2.36. The molecule has 3 nitrogen and oxygen atoms in total. The van der Waals surface area contributed by atoms with E-state index in [1.54, 1.807) is 0 Å². The van der Waals surface area contributed by atoms with Gasteiger partial charge in [0.05, 0.1) is 18.2 Å². The van der Waals surface area contributed by atoms with E-state index in [0.717, 1.165) is 25.6 Å². The highest BCUT2D eigenvalue weighted by atomic mass is 79.9. The van der Waals surface area contributed by atoms with Crippen molar-refractivity contribution in [2.24, 2.45) is 0 Å². The molecular weight excluding hydrogens is 530 g/mol. The molecule has 30 heavy (non-hydrogen) atoms. The summed E-state index contributed by atoms with van der Waals surface area (Å²) in [6, 6.07) is 21.2. The molecule has 0 N–H and O–H groups in total. The molecule has 0 fully saturated rings. The van der Waals surface area contributed by atoms with Gasteiger partial charge in [0.2, 0.25) is 0 Å². The summed E-state index contributed by atoms with van der Waals surface area (Å²) in [6.45, 7) is 2.73. The fourth-order valence-electron chi connectivity index (χ4n) is 2.81. The van der Waals surface area contributed by atoms with Crippen LogP contribution in [0.25, 0.3) is 11.6 Å². The Morgan fingerprint density at radius 3 is 2.50 bits per heavy atom. The van der Waals surface area contributed by atoms with Gasteiger partial charge in [0.25, 0.3) is 0 Å². The minimum atomic E-state index is 0.322. The highest BCUT2D eigenvalue weighted by Gasteiger charge is 2.12. The van der Waals surface area contributed by atoms with E-state index in [4.69, 9.17) is 21.1 Å². The van der Waals surface area contributed by atoms with Crippen LogP contribution in [-0.2, 0) is 6.61 Å². The Kier molecular flexibility index (Phi) is 7.98. The van der Waals surface area contributed by atoms with Crippen molar-refractivity contribution in [3.05, 3.63) is 91.3 Å². The molecule has 0 atom stereocenters. The van der Waals surface area contributed by atoms with Crippen molar-refractivity contribution in [1.29, 1.82) is 5.26 Å². The summed E-state index contributed by atoms with van der Waals surface area (Å²) in [7, 11) is 0. The van der Waals surface area contributed by atoms with Crippen molar-refractivity contribution < 1.29 is 9.47 Å². The summed E-state index contributed by atoms with van der Waals surface area (Å²) in [5.41, 5.74) is 3.09. The number of hydrogen-bond acceptors (Lipinski definition) is 3. The van der Waals surface area contributed by atoms with E-state index >= 15 is 0 Å². The second kappa shape index (κ2) is 10.7. The Bertz CT molecular complexity index is 1120. The summed E-state index contributed by atoms with van der Waals surface area (Å²) >= 11 is 13.3. The van der Waals surface area contributed by atoms with Gasteiger partial charge in [-0.15, -0.1) is 0 Å². The second-order valence-corrected chi connectivity index (χ2v) is 8.49. The fraction of sp³-hybridized carbons (Fsp3) is 0.125. The maximum absolute atomic E-state index is 9.67. The second-order valence-electron chi connectivity index (χ2n) is 6.31. The van der Waals surface area contributed by atoms with Crippen molar-refractivity contribution >= 4 is 55.1 Å². The third kappa shape index (κ3) is 5.66. The van der Waals surface area contributed by atoms with Crippen LogP contribution >= 0.6 is 43.5 Å². The Hall–Kier alpha value is -2.26. The van der Waals surface area contributed by atoms with E-state index in [9.17, 15) is 5.26 Å². The summed E-state index contributed by atoms with van der Waals surface area (Å²) in [4.78, 5) is 0. The zero-order chi connectivity index (χ0) is 21.5. The lowest BCUT2D eigenvalue weighted by Gasteiger charge is -2.15. The normalized spacial score (nSPS) is 11.1. The Balaban J connectivity index is 1.94. The molecule has 0 unspecified atom stereocenters. The molecule has 0 saturated carbocycles. The summed E-state index contributed by atoms with van der Waals surface area (Å²) in [6.07, 6.45) is 1.83. The smallest absolute Gasteiger partial charge is 0.162 e. The molecule has 0 spiro atoms. The van der Waals surface area contributed by atoms with Crippen LogP contribution in [-0.4, -0.2) is 6.61 Å². The van der Waals surface area contributed by atoms with Gasteiger partial charge in [0.15, 0.2) is 11.5 Å². The summed E-state index contributed by atoms with van der Waals surface area (Å²) in [5.74, 6) is 1.20. The first-order valence-corrected chi connectivity index (χ1v) is 11.2. The minimum absolute atomic E-state index is 0.322. The first-order chi connectivity index (χ1) is 14.5.